The third kappa shape index (κ3) is 1.83. The Hall–Kier alpha value is -2.09. The van der Waals surface area contributed by atoms with E-state index in [2.05, 4.69) is 29.2 Å². The van der Waals surface area contributed by atoms with Crippen LogP contribution in [-0.2, 0) is 11.8 Å². The Bertz CT molecular complexity index is 999. The molecular formula is C27H29NO. The summed E-state index contributed by atoms with van der Waals surface area (Å²) in [4.78, 5) is 15.8. The predicted octanol–water partition coefficient (Wildman–Crippen LogP) is 5.22. The third-order valence-electron chi connectivity index (χ3n) is 9.88. The van der Waals surface area contributed by atoms with Crippen molar-refractivity contribution in [3.05, 3.63) is 71.3 Å². The summed E-state index contributed by atoms with van der Waals surface area (Å²) < 4.78 is 0. The van der Waals surface area contributed by atoms with Crippen LogP contribution in [0.25, 0.3) is 0 Å². The Morgan fingerprint density at radius 2 is 1.79 bits per heavy atom. The Kier molecular flexibility index (Phi) is 3.18. The van der Waals surface area contributed by atoms with Gasteiger partial charge in [0, 0.05) is 23.6 Å². The van der Waals surface area contributed by atoms with Crippen molar-refractivity contribution in [3.63, 3.8) is 0 Å². The third-order valence-corrected chi connectivity index (χ3v) is 9.88. The first-order valence-corrected chi connectivity index (χ1v) is 11.7. The lowest BCUT2D eigenvalue weighted by molar-refractivity contribution is -0.0671. The molecule has 148 valence electrons. The summed E-state index contributed by atoms with van der Waals surface area (Å²) in [6.07, 6.45) is 9.38. The van der Waals surface area contributed by atoms with Crippen molar-refractivity contribution >= 4 is 5.91 Å². The fourth-order valence-corrected chi connectivity index (χ4v) is 9.29. The molecule has 7 rings (SSSR count). The number of carbonyl (C=O) groups excluding carboxylic acids is 1. The molecule has 2 nitrogen and oxygen atoms in total. The summed E-state index contributed by atoms with van der Waals surface area (Å²) in [5.41, 5.74) is 5.04. The van der Waals surface area contributed by atoms with Crippen molar-refractivity contribution in [2.45, 2.75) is 56.4 Å². The summed E-state index contributed by atoms with van der Waals surface area (Å²) in [5.74, 6) is 2.51. The lowest BCUT2D eigenvalue weighted by Gasteiger charge is -2.64. The minimum absolute atomic E-state index is 0.269. The minimum Gasteiger partial charge on any atom is -0.335 e. The highest BCUT2D eigenvalue weighted by atomic mass is 16.2. The standard InChI is InChI=1S/C27H29NO/c29-25(18-7-2-1-3-8-18)28-17-20-16-26-14-12-23(28)24(20)27(26)13-6-10-21(26)15-19-9-4-5-11-22(19)27/h1-5,7-9,11,20-21,23-24H,6,10,12-17H2/t20-,21?,23?,24?,26?,27?/m1/s1. The van der Waals surface area contributed by atoms with Crippen molar-refractivity contribution in [1.29, 1.82) is 0 Å². The summed E-state index contributed by atoms with van der Waals surface area (Å²) >= 11 is 0. The molecule has 4 fully saturated rings. The lowest BCUT2D eigenvalue weighted by atomic mass is 9.41. The maximum Gasteiger partial charge on any atom is 0.254 e. The van der Waals surface area contributed by atoms with Gasteiger partial charge in [0.25, 0.3) is 5.91 Å². The minimum atomic E-state index is 0.269. The molecule has 1 saturated heterocycles. The van der Waals surface area contributed by atoms with Gasteiger partial charge in [-0.15, -0.1) is 0 Å². The molecule has 0 radical (unpaired) electrons. The molecule has 29 heavy (non-hydrogen) atoms. The van der Waals surface area contributed by atoms with Gasteiger partial charge in [-0.25, -0.2) is 0 Å². The zero-order valence-electron chi connectivity index (χ0n) is 17.0. The molecule has 1 amide bonds. The van der Waals surface area contributed by atoms with Gasteiger partial charge in [-0.3, -0.25) is 4.79 Å². The van der Waals surface area contributed by atoms with E-state index in [0.29, 0.717) is 28.7 Å². The number of fused-ring (bicyclic) bond motifs is 1. The number of rotatable bonds is 1. The van der Waals surface area contributed by atoms with E-state index in [9.17, 15) is 4.79 Å². The largest absolute Gasteiger partial charge is 0.335 e. The molecular weight excluding hydrogens is 354 g/mol. The molecule has 0 N–H and O–H groups in total. The molecule has 5 unspecified atom stereocenters. The predicted molar refractivity (Wildman–Crippen MR) is 114 cm³/mol. The smallest absolute Gasteiger partial charge is 0.254 e. The van der Waals surface area contributed by atoms with E-state index < -0.39 is 0 Å². The van der Waals surface area contributed by atoms with E-state index in [1.807, 2.05) is 30.3 Å². The number of benzene rings is 2. The van der Waals surface area contributed by atoms with Crippen molar-refractivity contribution in [2.75, 3.05) is 6.54 Å². The molecule has 4 bridgehead atoms. The van der Waals surface area contributed by atoms with Crippen LogP contribution >= 0.6 is 0 Å². The molecule has 0 spiro atoms. The Balaban J connectivity index is 1.37. The normalized spacial score (nSPS) is 41.0. The molecule has 5 aliphatic rings. The molecule has 2 heteroatoms. The fraction of sp³-hybridized carbons (Fsp3) is 0.519. The molecule has 6 atom stereocenters. The van der Waals surface area contributed by atoms with Gasteiger partial charge in [0.15, 0.2) is 0 Å². The van der Waals surface area contributed by atoms with Crippen LogP contribution < -0.4 is 0 Å². The number of likely N-dealkylation sites (tertiary alicyclic amines) is 1. The van der Waals surface area contributed by atoms with Gasteiger partial charge >= 0.3 is 0 Å². The highest BCUT2D eigenvalue weighted by Gasteiger charge is 2.75. The zero-order valence-corrected chi connectivity index (χ0v) is 17.0. The number of amides is 1. The second-order valence-corrected chi connectivity index (χ2v) is 10.5. The van der Waals surface area contributed by atoms with Crippen LogP contribution in [0.4, 0.5) is 0 Å². The number of hydrogen-bond acceptors (Lipinski definition) is 1. The van der Waals surface area contributed by atoms with Gasteiger partial charge in [0.05, 0.1) is 0 Å². The maximum atomic E-state index is 13.5. The van der Waals surface area contributed by atoms with Gasteiger partial charge < -0.3 is 4.90 Å². The first-order chi connectivity index (χ1) is 14.2. The number of hydrogen-bond donors (Lipinski definition) is 0. The summed E-state index contributed by atoms with van der Waals surface area (Å²) in [7, 11) is 0. The summed E-state index contributed by atoms with van der Waals surface area (Å²) in [6, 6.07) is 19.8. The van der Waals surface area contributed by atoms with Crippen LogP contribution in [0.2, 0.25) is 0 Å². The Morgan fingerprint density at radius 1 is 0.966 bits per heavy atom. The van der Waals surface area contributed by atoms with E-state index >= 15 is 0 Å². The van der Waals surface area contributed by atoms with Gasteiger partial charge in [-0.05, 0) is 85.0 Å². The molecule has 3 saturated carbocycles. The SMILES string of the molecule is O=C(c1ccccc1)N1C[C@H]2CC34CCC1C2C31CCCC4Cc2ccccc21. The Morgan fingerprint density at radius 3 is 2.69 bits per heavy atom. The van der Waals surface area contributed by atoms with Gasteiger partial charge in [0.2, 0.25) is 0 Å². The first-order valence-electron chi connectivity index (χ1n) is 11.7. The van der Waals surface area contributed by atoms with Crippen LogP contribution in [-0.4, -0.2) is 23.4 Å². The monoisotopic (exact) mass is 383 g/mol. The van der Waals surface area contributed by atoms with Gasteiger partial charge in [-0.2, -0.15) is 0 Å². The second-order valence-electron chi connectivity index (χ2n) is 10.5. The van der Waals surface area contributed by atoms with Crippen molar-refractivity contribution in [2.24, 2.45) is 23.2 Å². The molecule has 4 aliphatic carbocycles. The summed E-state index contributed by atoms with van der Waals surface area (Å²) in [5, 5.41) is 0. The van der Waals surface area contributed by atoms with Crippen molar-refractivity contribution in [1.82, 2.24) is 4.90 Å². The van der Waals surface area contributed by atoms with Crippen LogP contribution in [0.5, 0.6) is 0 Å². The van der Waals surface area contributed by atoms with Crippen LogP contribution in [0.1, 0.15) is 60.0 Å². The summed E-state index contributed by atoms with van der Waals surface area (Å²) in [6.45, 7) is 0.988. The van der Waals surface area contributed by atoms with E-state index in [4.69, 9.17) is 0 Å². The average Bonchev–Trinajstić information content (AvgIpc) is 3.20. The van der Waals surface area contributed by atoms with Crippen molar-refractivity contribution in [3.8, 4) is 0 Å². The molecule has 2 aromatic rings. The fourth-order valence-electron chi connectivity index (χ4n) is 9.29. The maximum absolute atomic E-state index is 13.5. The molecule has 2 aromatic carbocycles. The van der Waals surface area contributed by atoms with E-state index in [1.165, 1.54) is 44.9 Å². The van der Waals surface area contributed by atoms with E-state index in [-0.39, 0.29) is 5.91 Å². The second kappa shape index (κ2) is 5.53. The molecule has 1 heterocycles. The highest BCUT2D eigenvalue weighted by Crippen LogP contribution is 2.77. The Labute approximate surface area is 173 Å². The van der Waals surface area contributed by atoms with Crippen LogP contribution in [0.15, 0.2) is 54.6 Å². The molecule has 1 aliphatic heterocycles. The van der Waals surface area contributed by atoms with Crippen molar-refractivity contribution < 1.29 is 4.79 Å². The highest BCUT2D eigenvalue weighted by molar-refractivity contribution is 5.94. The topological polar surface area (TPSA) is 20.3 Å². The zero-order chi connectivity index (χ0) is 19.2. The average molecular weight is 384 g/mol. The van der Waals surface area contributed by atoms with E-state index in [0.717, 1.165) is 18.0 Å². The van der Waals surface area contributed by atoms with Gasteiger partial charge in [-0.1, -0.05) is 48.9 Å². The lowest BCUT2D eigenvalue weighted by Crippen LogP contribution is -2.62. The van der Waals surface area contributed by atoms with Gasteiger partial charge in [0.1, 0.15) is 0 Å². The van der Waals surface area contributed by atoms with E-state index in [1.54, 1.807) is 11.1 Å². The number of nitrogens with zero attached hydrogens (tertiary/aromatic N) is 1. The molecule has 0 aromatic heterocycles. The quantitative estimate of drug-likeness (QED) is 0.661. The number of carbonyl (C=O) groups is 1. The van der Waals surface area contributed by atoms with Crippen LogP contribution in [0.3, 0.4) is 0 Å². The van der Waals surface area contributed by atoms with Crippen LogP contribution in [0, 0.1) is 23.2 Å². The first kappa shape index (κ1) is 16.7.